The van der Waals surface area contributed by atoms with Gasteiger partial charge in [0, 0.05) is 38.8 Å². The number of carbonyl (C=O) groups excluding carboxylic acids is 1. The Balaban J connectivity index is 0.00000480. The molecule has 0 saturated carbocycles. The van der Waals surface area contributed by atoms with Crippen molar-refractivity contribution in [2.24, 2.45) is 4.99 Å². The summed E-state index contributed by atoms with van der Waals surface area (Å²) in [4.78, 5) is 19.1. The van der Waals surface area contributed by atoms with Crippen molar-refractivity contribution in [2.75, 3.05) is 45.9 Å². The standard InChI is InChI=1S/C22H37N5O3.HI/c1-4-23-22(25-12-11-24-21(29)19-7-5-6-8-20(19)28)26-18-9-13-27(14-10-18)15-16-30-17(2)3;/h5-8,17-18,28H,4,9-16H2,1-3H3,(H,24,29)(H2,23,25,26);1H. The Bertz CT molecular complexity index is 679. The van der Waals surface area contributed by atoms with Crippen LogP contribution < -0.4 is 16.0 Å². The molecular weight excluding hydrogens is 509 g/mol. The van der Waals surface area contributed by atoms with Crippen LogP contribution in [0, 0.1) is 0 Å². The molecule has 0 aliphatic carbocycles. The van der Waals surface area contributed by atoms with E-state index in [2.05, 4.69) is 39.7 Å². The molecule has 1 fully saturated rings. The van der Waals surface area contributed by atoms with Crippen LogP contribution in [0.5, 0.6) is 5.75 Å². The number of hydrogen-bond acceptors (Lipinski definition) is 5. The molecule has 1 aliphatic rings. The van der Waals surface area contributed by atoms with Crippen molar-refractivity contribution in [3.05, 3.63) is 29.8 Å². The average Bonchev–Trinajstić information content (AvgIpc) is 2.72. The van der Waals surface area contributed by atoms with Crippen molar-refractivity contribution >= 4 is 35.8 Å². The zero-order valence-electron chi connectivity index (χ0n) is 18.9. The molecule has 2 rings (SSSR count). The number of nitrogens with one attached hydrogen (secondary N) is 3. The number of likely N-dealkylation sites (tertiary alicyclic amines) is 1. The largest absolute Gasteiger partial charge is 0.507 e. The molecule has 1 saturated heterocycles. The lowest BCUT2D eigenvalue weighted by atomic mass is 10.1. The predicted molar refractivity (Wildman–Crippen MR) is 136 cm³/mol. The number of amides is 1. The summed E-state index contributed by atoms with van der Waals surface area (Å²) in [5, 5.41) is 19.3. The zero-order valence-corrected chi connectivity index (χ0v) is 21.2. The topological polar surface area (TPSA) is 98.2 Å². The van der Waals surface area contributed by atoms with Gasteiger partial charge in [0.2, 0.25) is 0 Å². The number of phenols is 1. The van der Waals surface area contributed by atoms with Gasteiger partial charge in [-0.15, -0.1) is 24.0 Å². The number of halogens is 1. The first-order chi connectivity index (χ1) is 14.5. The highest BCUT2D eigenvalue weighted by Crippen LogP contribution is 2.14. The van der Waals surface area contributed by atoms with E-state index in [4.69, 9.17) is 4.74 Å². The minimum atomic E-state index is -0.296. The molecule has 8 nitrogen and oxygen atoms in total. The lowest BCUT2D eigenvalue weighted by Crippen LogP contribution is -2.49. The molecule has 176 valence electrons. The van der Waals surface area contributed by atoms with Gasteiger partial charge in [-0.3, -0.25) is 9.79 Å². The van der Waals surface area contributed by atoms with Crippen molar-refractivity contribution in [1.29, 1.82) is 0 Å². The van der Waals surface area contributed by atoms with E-state index < -0.39 is 0 Å². The second-order valence-corrected chi connectivity index (χ2v) is 7.71. The Morgan fingerprint density at radius 2 is 1.97 bits per heavy atom. The first kappa shape index (κ1) is 27.4. The van der Waals surface area contributed by atoms with Crippen LogP contribution in [0.3, 0.4) is 0 Å². The molecule has 1 aromatic rings. The Hall–Kier alpha value is -1.59. The van der Waals surface area contributed by atoms with Crippen LogP contribution in [0.15, 0.2) is 29.3 Å². The molecule has 0 atom stereocenters. The summed E-state index contributed by atoms with van der Waals surface area (Å²) in [6.45, 7) is 11.7. The lowest BCUT2D eigenvalue weighted by Gasteiger charge is -2.33. The smallest absolute Gasteiger partial charge is 0.255 e. The number of aromatic hydroxyl groups is 1. The van der Waals surface area contributed by atoms with Gasteiger partial charge in [-0.25, -0.2) is 0 Å². The molecule has 0 unspecified atom stereocenters. The monoisotopic (exact) mass is 547 g/mol. The Labute approximate surface area is 203 Å². The molecule has 0 aromatic heterocycles. The number of hydrogen-bond donors (Lipinski definition) is 4. The van der Waals surface area contributed by atoms with Crippen LogP contribution in [0.2, 0.25) is 0 Å². The van der Waals surface area contributed by atoms with Gasteiger partial charge in [-0.2, -0.15) is 0 Å². The van der Waals surface area contributed by atoms with Crippen molar-refractivity contribution in [2.45, 2.75) is 45.8 Å². The summed E-state index contributed by atoms with van der Waals surface area (Å²) in [7, 11) is 0. The predicted octanol–water partition coefficient (Wildman–Crippen LogP) is 2.18. The number of carbonyl (C=O) groups is 1. The van der Waals surface area contributed by atoms with Crippen LogP contribution >= 0.6 is 24.0 Å². The number of phenolic OH excluding ortho intramolecular Hbond substituents is 1. The van der Waals surface area contributed by atoms with Gasteiger partial charge in [0.25, 0.3) is 5.91 Å². The molecule has 0 radical (unpaired) electrons. The summed E-state index contributed by atoms with van der Waals surface area (Å²) in [5.41, 5.74) is 0.275. The summed E-state index contributed by atoms with van der Waals surface area (Å²) in [6, 6.07) is 6.90. The van der Waals surface area contributed by atoms with Gasteiger partial charge >= 0.3 is 0 Å². The second kappa shape index (κ2) is 15.3. The minimum Gasteiger partial charge on any atom is -0.507 e. The van der Waals surface area contributed by atoms with Crippen LogP contribution in [-0.4, -0.2) is 79.9 Å². The van der Waals surface area contributed by atoms with Crippen LogP contribution in [0.4, 0.5) is 0 Å². The van der Waals surface area contributed by atoms with Gasteiger partial charge in [-0.1, -0.05) is 12.1 Å². The number of piperidine rings is 1. The number of ether oxygens (including phenoxy) is 1. The van der Waals surface area contributed by atoms with Gasteiger partial charge in [-0.05, 0) is 45.7 Å². The number of benzene rings is 1. The van der Waals surface area contributed by atoms with E-state index in [1.807, 2.05) is 6.92 Å². The van der Waals surface area contributed by atoms with Crippen molar-refractivity contribution in [1.82, 2.24) is 20.9 Å². The Morgan fingerprint density at radius 1 is 1.26 bits per heavy atom. The first-order valence-electron chi connectivity index (χ1n) is 10.9. The van der Waals surface area contributed by atoms with Crippen LogP contribution in [0.1, 0.15) is 44.0 Å². The third kappa shape index (κ3) is 10.5. The minimum absolute atomic E-state index is 0. The van der Waals surface area contributed by atoms with Crippen LogP contribution in [-0.2, 0) is 4.74 Å². The molecule has 1 aromatic carbocycles. The summed E-state index contributed by atoms with van der Waals surface area (Å²) >= 11 is 0. The fourth-order valence-corrected chi connectivity index (χ4v) is 3.33. The highest BCUT2D eigenvalue weighted by Gasteiger charge is 2.19. The van der Waals surface area contributed by atoms with E-state index >= 15 is 0 Å². The van der Waals surface area contributed by atoms with Crippen molar-refractivity contribution < 1.29 is 14.6 Å². The van der Waals surface area contributed by atoms with E-state index in [9.17, 15) is 9.90 Å². The Kier molecular flexibility index (Phi) is 13.5. The summed E-state index contributed by atoms with van der Waals surface area (Å²) < 4.78 is 5.64. The van der Waals surface area contributed by atoms with Crippen LogP contribution in [0.25, 0.3) is 0 Å². The third-order valence-electron chi connectivity index (χ3n) is 4.95. The maximum Gasteiger partial charge on any atom is 0.255 e. The Morgan fingerprint density at radius 3 is 2.61 bits per heavy atom. The SMILES string of the molecule is CCNC(=NCCNC(=O)c1ccccc1O)NC1CCN(CCOC(C)C)CC1.I. The van der Waals surface area contributed by atoms with E-state index in [1.54, 1.807) is 18.2 Å². The second-order valence-electron chi connectivity index (χ2n) is 7.71. The van der Waals surface area contributed by atoms with Crippen molar-refractivity contribution in [3.8, 4) is 5.75 Å². The molecule has 1 aliphatic heterocycles. The molecule has 0 spiro atoms. The number of rotatable bonds is 10. The molecule has 1 heterocycles. The number of guanidine groups is 1. The highest BCUT2D eigenvalue weighted by molar-refractivity contribution is 14.0. The van der Waals surface area contributed by atoms with E-state index in [0.29, 0.717) is 19.1 Å². The maximum atomic E-state index is 12.1. The molecule has 1 amide bonds. The number of aliphatic imine (C=N–C) groups is 1. The number of para-hydroxylation sites is 1. The van der Waals surface area contributed by atoms with Crippen molar-refractivity contribution in [3.63, 3.8) is 0 Å². The summed E-state index contributed by atoms with van der Waals surface area (Å²) in [5.74, 6) is 0.460. The van der Waals surface area contributed by atoms with Gasteiger partial charge in [0.15, 0.2) is 5.96 Å². The fourth-order valence-electron chi connectivity index (χ4n) is 3.33. The third-order valence-corrected chi connectivity index (χ3v) is 4.95. The van der Waals surface area contributed by atoms with E-state index in [1.165, 1.54) is 6.07 Å². The molecule has 9 heteroatoms. The number of nitrogens with zero attached hydrogens (tertiary/aromatic N) is 2. The maximum absolute atomic E-state index is 12.1. The normalized spacial score (nSPS) is 15.4. The summed E-state index contributed by atoms with van der Waals surface area (Å²) in [6.07, 6.45) is 2.41. The van der Waals surface area contributed by atoms with E-state index in [-0.39, 0.29) is 47.3 Å². The van der Waals surface area contributed by atoms with E-state index in [0.717, 1.165) is 51.6 Å². The quantitative estimate of drug-likeness (QED) is 0.155. The van der Waals surface area contributed by atoms with Gasteiger partial charge in [0.1, 0.15) is 5.75 Å². The first-order valence-corrected chi connectivity index (χ1v) is 10.9. The lowest BCUT2D eigenvalue weighted by molar-refractivity contribution is 0.0532. The van der Waals surface area contributed by atoms with Gasteiger partial charge < -0.3 is 30.7 Å². The fraction of sp³-hybridized carbons (Fsp3) is 0.636. The zero-order chi connectivity index (χ0) is 21.8. The van der Waals surface area contributed by atoms with Gasteiger partial charge in [0.05, 0.1) is 24.8 Å². The molecular formula is C22H38IN5O3. The highest BCUT2D eigenvalue weighted by atomic mass is 127. The average molecular weight is 547 g/mol. The molecule has 0 bridgehead atoms. The molecule has 4 N–H and O–H groups in total. The molecule has 31 heavy (non-hydrogen) atoms.